The van der Waals surface area contributed by atoms with Gasteiger partial charge in [0.25, 0.3) is 5.91 Å². The Labute approximate surface area is 551 Å². The molecule has 2 saturated carbocycles. The van der Waals surface area contributed by atoms with Crippen LogP contribution in [0.15, 0.2) is 96.2 Å². The molecule has 9 N–H and O–H groups in total. The number of fused-ring (bicyclic) bond motifs is 5. The molecule has 95 heavy (non-hydrogen) atoms. The number of aromatic nitrogens is 1. The highest BCUT2D eigenvalue weighted by molar-refractivity contribution is 5.96. The van der Waals surface area contributed by atoms with Crippen molar-refractivity contribution in [2.45, 2.75) is 212 Å². The van der Waals surface area contributed by atoms with Gasteiger partial charge in [-0.3, -0.25) is 33.8 Å². The van der Waals surface area contributed by atoms with E-state index in [4.69, 9.17) is 23.7 Å². The van der Waals surface area contributed by atoms with Crippen LogP contribution in [-0.4, -0.2) is 170 Å². The van der Waals surface area contributed by atoms with E-state index in [1.165, 1.54) is 78.1 Å². The maximum absolute atomic E-state index is 15.4. The number of Topliss-reactive ketones (excluding diaryl/α,β-unsaturated/α-hetero) is 2. The summed E-state index contributed by atoms with van der Waals surface area (Å²) >= 11 is 0. The second-order valence-corrected chi connectivity index (χ2v) is 27.1. The molecule has 3 fully saturated rings. The topological polar surface area (TPSA) is 388 Å². The van der Waals surface area contributed by atoms with Crippen LogP contribution >= 0.6 is 0 Å². The van der Waals surface area contributed by atoms with Gasteiger partial charge in [-0.25, -0.2) is 19.2 Å². The first-order valence-corrected chi connectivity index (χ1v) is 32.1. The number of ketones is 2. The molecule has 2 heterocycles. The molecule has 1 saturated heterocycles. The van der Waals surface area contributed by atoms with Gasteiger partial charge in [0.2, 0.25) is 23.8 Å². The van der Waals surface area contributed by atoms with Crippen LogP contribution in [0.3, 0.4) is 0 Å². The third-order valence-corrected chi connectivity index (χ3v) is 18.8. The normalized spacial score (nSPS) is 25.8. The number of carbonyl (C=O) groups is 11. The third kappa shape index (κ3) is 17.2. The lowest BCUT2D eigenvalue weighted by Gasteiger charge is -2.68. The first-order chi connectivity index (χ1) is 44.6. The summed E-state index contributed by atoms with van der Waals surface area (Å²) in [5.41, 5.74) is -8.24. The second kappa shape index (κ2) is 31.0. The van der Waals surface area contributed by atoms with Gasteiger partial charge in [-0.15, -0.1) is 0 Å². The van der Waals surface area contributed by atoms with E-state index in [2.05, 4.69) is 31.6 Å². The van der Waals surface area contributed by atoms with Crippen LogP contribution in [0.25, 0.3) is 0 Å². The van der Waals surface area contributed by atoms with Crippen molar-refractivity contribution in [2.75, 3.05) is 13.2 Å². The number of ether oxygens (including phenoxy) is 5. The van der Waals surface area contributed by atoms with Crippen molar-refractivity contribution in [3.63, 3.8) is 0 Å². The lowest BCUT2D eigenvalue weighted by atomic mass is 9.41. The number of unbranched alkanes of at least 4 members (excludes halogenated alkanes) is 2. The van der Waals surface area contributed by atoms with Gasteiger partial charge in [0.15, 0.2) is 5.78 Å². The number of hydrogen-bond acceptors (Lipinski definition) is 20. The minimum atomic E-state index is -2.44. The first kappa shape index (κ1) is 73.9. The molecule has 516 valence electrons. The first-order valence-electron chi connectivity index (χ1n) is 32.1. The molecule has 7 rings (SSSR count). The van der Waals surface area contributed by atoms with Gasteiger partial charge >= 0.3 is 30.0 Å². The Morgan fingerprint density at radius 1 is 0.789 bits per heavy atom. The van der Waals surface area contributed by atoms with Crippen molar-refractivity contribution in [3.8, 4) is 0 Å². The van der Waals surface area contributed by atoms with Crippen molar-refractivity contribution in [1.29, 1.82) is 0 Å². The van der Waals surface area contributed by atoms with Crippen LogP contribution in [0, 0.1) is 22.2 Å². The number of esters is 3. The number of rotatable bonds is 28. The highest BCUT2D eigenvalue weighted by Crippen LogP contribution is 2.67. The summed E-state index contributed by atoms with van der Waals surface area (Å²) in [7, 11) is 0. The van der Waals surface area contributed by atoms with Crippen LogP contribution in [0.5, 0.6) is 0 Å². The fraction of sp³-hybridized carbons (Fsp3) is 0.565. The van der Waals surface area contributed by atoms with Gasteiger partial charge in [0.1, 0.15) is 59.1 Å². The van der Waals surface area contributed by atoms with Crippen molar-refractivity contribution in [1.82, 2.24) is 31.6 Å². The number of nitrogens with zero attached hydrogens (tertiary/aromatic N) is 1. The van der Waals surface area contributed by atoms with Gasteiger partial charge < -0.3 is 75.5 Å². The molecule has 3 aliphatic carbocycles. The molecule has 26 nitrogen and oxygen atoms in total. The summed E-state index contributed by atoms with van der Waals surface area (Å²) in [4.78, 5) is 154. The number of benzene rings is 2. The molecule has 0 spiro atoms. The molecule has 2 aromatic carbocycles. The Kier molecular flexibility index (Phi) is 24.1. The van der Waals surface area contributed by atoms with Gasteiger partial charge in [-0.1, -0.05) is 81.3 Å². The Hall–Kier alpha value is -8.46. The maximum Gasteiger partial charge on any atom is 0.408 e. The molecular formula is C69H90N6O20. The lowest BCUT2D eigenvalue weighted by Crippen LogP contribution is -2.78. The van der Waals surface area contributed by atoms with Crippen molar-refractivity contribution in [3.05, 3.63) is 113 Å². The SMILES string of the molecule is CC(=O)C[C@@]12CO[C@@H]1C[C@H](O)[C@@]1(C)C(=O)[C@H](O)C3=C(C)[C@@H](OC(=O)[C@H](OC(=O)CCC(=O)NCCCCC[C@H](NC(=O)CC[C@H](C)NC(=O)[C@H](C)NC(=O)c4ccccn4)C(=O)O)[C@@H](NC(=O)OC(C)(C)C)c4ccccc4)C[C@@](O)([C@@H](OC(=O)c4ccccc4)[C@H]21)C3(C)C. The number of carboxylic acid groups (broad SMARTS) is 1. The van der Waals surface area contributed by atoms with Crippen molar-refractivity contribution >= 4 is 65.2 Å². The Morgan fingerprint density at radius 2 is 1.45 bits per heavy atom. The summed E-state index contributed by atoms with van der Waals surface area (Å²) in [6, 6.07) is 16.3. The monoisotopic (exact) mass is 1320 g/mol. The van der Waals surface area contributed by atoms with Crippen LogP contribution in [0.1, 0.15) is 172 Å². The number of carbonyl (C=O) groups excluding carboxylic acids is 10. The second-order valence-electron chi connectivity index (χ2n) is 27.1. The predicted octanol–water partition coefficient (Wildman–Crippen LogP) is 5.00. The zero-order valence-corrected chi connectivity index (χ0v) is 55.4. The molecular weight excluding hydrogens is 1230 g/mol. The predicted molar refractivity (Wildman–Crippen MR) is 339 cm³/mol. The molecule has 3 aromatic rings. The minimum absolute atomic E-state index is 0.0496. The number of carboxylic acids is 1. The van der Waals surface area contributed by atoms with E-state index in [9.17, 15) is 63.6 Å². The van der Waals surface area contributed by atoms with Crippen LogP contribution in [-0.2, 0) is 62.0 Å². The molecule has 1 aromatic heterocycles. The number of amides is 5. The quantitative estimate of drug-likeness (QED) is 0.0200. The molecule has 2 bridgehead atoms. The Morgan fingerprint density at radius 3 is 2.06 bits per heavy atom. The Bertz CT molecular complexity index is 3360. The fourth-order valence-electron chi connectivity index (χ4n) is 13.7. The summed E-state index contributed by atoms with van der Waals surface area (Å²) in [6.07, 6.45) is -10.4. The average Bonchev–Trinajstić information content (AvgIpc) is 0.671. The van der Waals surface area contributed by atoms with E-state index in [1.807, 2.05) is 0 Å². The third-order valence-electron chi connectivity index (χ3n) is 18.8. The zero-order chi connectivity index (χ0) is 70.0. The highest BCUT2D eigenvalue weighted by atomic mass is 16.6. The van der Waals surface area contributed by atoms with E-state index < -0.39 is 173 Å². The number of pyridine rings is 1. The van der Waals surface area contributed by atoms with Crippen molar-refractivity contribution in [2.24, 2.45) is 22.2 Å². The fourth-order valence-corrected chi connectivity index (χ4v) is 13.7. The van der Waals surface area contributed by atoms with Crippen LogP contribution in [0.2, 0.25) is 0 Å². The standard InChI is InChI=1S/C69H90N6O20/c1-38(72-59(83)41(4)73-60(84)44-26-19-21-32-70-44)28-29-50(79)74-45(61(85)86)27-18-13-20-33-71-49(78)30-31-51(80)93-55(53(42-22-14-11-15-23-42)75-64(89)95-65(5,6)7)63(88)92-46-36-69(90)58(94-62(87)43-24-16-12-17-25-43)56-67(10,57(82)54(81)52(40(46)3)66(69,8)9)47(77)34-48-68(56,37-91-48)35-39(2)76/h11-12,14-17,19,21-26,32,38,41,45-48,53-56,58,77,81,90H,13,18,20,27-31,33-37H2,1-10H3,(H,71,78)(H,72,83)(H,73,84)(H,74,79)(H,75,89)(H,85,86)/t38-,41-,45-,46-,47-,48+,53-,54+,55+,56-,58-,67+,68+,69+/m0/s1. The summed E-state index contributed by atoms with van der Waals surface area (Å²) < 4.78 is 30.4. The van der Waals surface area contributed by atoms with E-state index in [0.717, 1.165) is 0 Å². The highest BCUT2D eigenvalue weighted by Gasteiger charge is 2.76. The van der Waals surface area contributed by atoms with Gasteiger partial charge in [-0.05, 0) is 116 Å². The molecule has 5 amide bonds. The minimum Gasteiger partial charge on any atom is -0.480 e. The van der Waals surface area contributed by atoms with E-state index in [1.54, 1.807) is 76.2 Å². The van der Waals surface area contributed by atoms with E-state index in [-0.39, 0.29) is 79.0 Å². The van der Waals surface area contributed by atoms with Gasteiger partial charge in [-0.2, -0.15) is 0 Å². The summed E-state index contributed by atoms with van der Waals surface area (Å²) in [5.74, 6) is -9.47. The largest absolute Gasteiger partial charge is 0.480 e. The van der Waals surface area contributed by atoms with E-state index >= 15 is 9.59 Å². The van der Waals surface area contributed by atoms with Gasteiger partial charge in [0, 0.05) is 67.6 Å². The Balaban J connectivity index is 1.04. The van der Waals surface area contributed by atoms with E-state index in [0.29, 0.717) is 19.3 Å². The lowest BCUT2D eigenvalue weighted by molar-refractivity contribution is -0.319. The molecule has 14 atom stereocenters. The van der Waals surface area contributed by atoms with Crippen LogP contribution in [0.4, 0.5) is 4.79 Å². The molecule has 0 unspecified atom stereocenters. The summed E-state index contributed by atoms with van der Waals surface area (Å²) in [6.45, 7) is 15.2. The van der Waals surface area contributed by atoms with Crippen LogP contribution < -0.4 is 26.6 Å². The molecule has 4 aliphatic rings. The molecule has 26 heteroatoms. The molecule has 1 aliphatic heterocycles. The number of aliphatic hydroxyl groups excluding tert-OH is 2. The number of aliphatic hydroxyl groups is 3. The molecule has 0 radical (unpaired) electrons. The average molecular weight is 1320 g/mol. The maximum atomic E-state index is 15.4. The van der Waals surface area contributed by atoms with Crippen molar-refractivity contribution < 1.29 is 96.9 Å². The number of nitrogens with one attached hydrogen (secondary N) is 5. The number of hydrogen-bond donors (Lipinski definition) is 9. The number of alkyl carbamates (subject to hydrolysis) is 1. The van der Waals surface area contributed by atoms with Gasteiger partial charge in [0.05, 0.1) is 36.2 Å². The smallest absolute Gasteiger partial charge is 0.408 e. The zero-order valence-electron chi connectivity index (χ0n) is 55.4. The number of aliphatic carboxylic acids is 1. The summed E-state index contributed by atoms with van der Waals surface area (Å²) in [5, 5.41) is 61.6.